The summed E-state index contributed by atoms with van der Waals surface area (Å²) in [6.45, 7) is 10.5. The van der Waals surface area contributed by atoms with Crippen LogP contribution >= 0.6 is 0 Å². The van der Waals surface area contributed by atoms with Gasteiger partial charge in [0.2, 0.25) is 0 Å². The van der Waals surface area contributed by atoms with Crippen molar-refractivity contribution < 1.29 is 0 Å². The van der Waals surface area contributed by atoms with Gasteiger partial charge < -0.3 is 0 Å². The molecule has 106 valence electrons. The Bertz CT molecular complexity index is 504. The number of hydrogen-bond donors (Lipinski definition) is 0. The minimum Gasteiger partial charge on any atom is -0.261 e. The summed E-state index contributed by atoms with van der Waals surface area (Å²) in [6, 6.07) is 6.07. The van der Waals surface area contributed by atoms with E-state index in [1.54, 1.807) is 0 Å². The highest BCUT2D eigenvalue weighted by molar-refractivity contribution is 5.34. The molecule has 1 nitrogen and oxygen atoms in total. The van der Waals surface area contributed by atoms with Gasteiger partial charge in [0.15, 0.2) is 0 Å². The third-order valence-corrected chi connectivity index (χ3v) is 3.16. The first kappa shape index (κ1) is 16.2. The quantitative estimate of drug-likeness (QED) is 0.474. The van der Waals surface area contributed by atoms with Crippen LogP contribution in [0.15, 0.2) is 72.0 Å². The monoisotopic (exact) mass is 267 g/mol. The largest absolute Gasteiger partial charge is 0.261 e. The molecule has 1 aromatic heterocycles. The van der Waals surface area contributed by atoms with Crippen molar-refractivity contribution in [2.24, 2.45) is 0 Å². The van der Waals surface area contributed by atoms with E-state index in [0.717, 1.165) is 25.0 Å². The molecule has 1 rings (SSSR count). The highest BCUT2D eigenvalue weighted by Crippen LogP contribution is 2.20. The van der Waals surface area contributed by atoms with Crippen molar-refractivity contribution in [3.05, 3.63) is 77.7 Å². The minimum absolute atomic E-state index is 0.907. The van der Waals surface area contributed by atoms with Gasteiger partial charge >= 0.3 is 0 Å². The highest BCUT2D eigenvalue weighted by Gasteiger charge is 2.04. The average molecular weight is 267 g/mol. The minimum atomic E-state index is 0.907. The Kier molecular flexibility index (Phi) is 7.34. The summed E-state index contributed by atoms with van der Waals surface area (Å²) in [5.41, 5.74) is 4.93. The van der Waals surface area contributed by atoms with Crippen LogP contribution in [0, 0.1) is 0 Å². The van der Waals surface area contributed by atoms with Gasteiger partial charge in [-0.25, -0.2) is 0 Å². The Morgan fingerprint density at radius 2 is 2.15 bits per heavy atom. The highest BCUT2D eigenvalue weighted by atomic mass is 14.7. The lowest BCUT2D eigenvalue weighted by Gasteiger charge is -2.10. The Hall–Kier alpha value is -1.89. The number of rotatable bonds is 7. The zero-order chi connectivity index (χ0) is 14.8. The summed E-state index contributed by atoms with van der Waals surface area (Å²) < 4.78 is 0. The van der Waals surface area contributed by atoms with E-state index in [0.29, 0.717) is 0 Å². The standard InChI is InChI=1S/C19H25N/c1-5-7-11-16(3)17(4)14-18(10-6-2)15-19-12-8-9-13-20-19/h5,7-13H,4,6,14-15H2,1-3H3/b7-5-,16-11-,18-10+. The van der Waals surface area contributed by atoms with Crippen molar-refractivity contribution in [2.75, 3.05) is 0 Å². The molecule has 1 aromatic rings. The van der Waals surface area contributed by atoms with Crippen LogP contribution < -0.4 is 0 Å². The van der Waals surface area contributed by atoms with Gasteiger partial charge in [-0.1, -0.05) is 49.4 Å². The second kappa shape index (κ2) is 9.08. The molecule has 0 saturated heterocycles. The third kappa shape index (κ3) is 5.83. The average Bonchev–Trinajstić information content (AvgIpc) is 2.46. The Morgan fingerprint density at radius 3 is 2.75 bits per heavy atom. The second-order valence-corrected chi connectivity index (χ2v) is 4.92. The summed E-state index contributed by atoms with van der Waals surface area (Å²) in [4.78, 5) is 4.41. The maximum absolute atomic E-state index is 4.41. The molecule has 0 saturated carbocycles. The molecule has 0 bridgehead atoms. The molecule has 0 aromatic carbocycles. The molecule has 0 unspecified atom stereocenters. The molecule has 0 aliphatic carbocycles. The van der Waals surface area contributed by atoms with E-state index < -0.39 is 0 Å². The van der Waals surface area contributed by atoms with Crippen molar-refractivity contribution >= 4 is 0 Å². The molecule has 0 atom stereocenters. The van der Waals surface area contributed by atoms with Crippen LogP contribution in [0.5, 0.6) is 0 Å². The molecule has 0 spiro atoms. The maximum atomic E-state index is 4.41. The van der Waals surface area contributed by atoms with Crippen LogP contribution in [0.2, 0.25) is 0 Å². The van der Waals surface area contributed by atoms with Crippen molar-refractivity contribution in [3.63, 3.8) is 0 Å². The number of nitrogens with zero attached hydrogens (tertiary/aromatic N) is 1. The van der Waals surface area contributed by atoms with E-state index >= 15 is 0 Å². The molecule has 1 heteroatoms. The van der Waals surface area contributed by atoms with Gasteiger partial charge in [-0.2, -0.15) is 0 Å². The van der Waals surface area contributed by atoms with Gasteiger partial charge in [0.05, 0.1) is 0 Å². The van der Waals surface area contributed by atoms with Crippen LogP contribution in [0.1, 0.15) is 39.3 Å². The lowest BCUT2D eigenvalue weighted by molar-refractivity contribution is 0.961. The van der Waals surface area contributed by atoms with E-state index in [1.165, 1.54) is 16.7 Å². The first-order chi connectivity index (χ1) is 9.67. The number of pyridine rings is 1. The number of allylic oxidation sites excluding steroid dienone is 7. The van der Waals surface area contributed by atoms with E-state index in [2.05, 4.69) is 49.7 Å². The van der Waals surface area contributed by atoms with E-state index in [9.17, 15) is 0 Å². The topological polar surface area (TPSA) is 12.9 Å². The van der Waals surface area contributed by atoms with Gasteiger partial charge in [0.1, 0.15) is 0 Å². The Balaban J connectivity index is 2.74. The molecule has 0 aliphatic rings. The Labute approximate surface area is 123 Å². The molecule has 0 aliphatic heterocycles. The van der Waals surface area contributed by atoms with Gasteiger partial charge in [-0.15, -0.1) is 0 Å². The molecule has 0 fully saturated rings. The van der Waals surface area contributed by atoms with Crippen molar-refractivity contribution in [1.82, 2.24) is 4.98 Å². The van der Waals surface area contributed by atoms with Gasteiger partial charge in [-0.05, 0) is 50.0 Å². The first-order valence-electron chi connectivity index (χ1n) is 7.22. The molecule has 0 amide bonds. The first-order valence-corrected chi connectivity index (χ1v) is 7.22. The summed E-state index contributed by atoms with van der Waals surface area (Å²) in [7, 11) is 0. The molecule has 0 N–H and O–H groups in total. The molecule has 1 heterocycles. The van der Waals surface area contributed by atoms with Gasteiger partial charge in [0.25, 0.3) is 0 Å². The van der Waals surface area contributed by atoms with Gasteiger partial charge in [0, 0.05) is 18.3 Å². The van der Waals surface area contributed by atoms with Crippen LogP contribution in [0.25, 0.3) is 0 Å². The normalized spacial score (nSPS) is 12.9. The smallest absolute Gasteiger partial charge is 0.0444 e. The second-order valence-electron chi connectivity index (χ2n) is 4.92. The Morgan fingerprint density at radius 1 is 1.35 bits per heavy atom. The van der Waals surface area contributed by atoms with E-state index in [1.807, 2.05) is 31.3 Å². The lowest BCUT2D eigenvalue weighted by atomic mass is 9.96. The summed E-state index contributed by atoms with van der Waals surface area (Å²) >= 11 is 0. The molecule has 20 heavy (non-hydrogen) atoms. The molecule has 0 radical (unpaired) electrons. The fourth-order valence-electron chi connectivity index (χ4n) is 2.00. The summed E-state index contributed by atoms with van der Waals surface area (Å²) in [6.07, 6.45) is 13.2. The van der Waals surface area contributed by atoms with Crippen LogP contribution in [-0.4, -0.2) is 4.98 Å². The van der Waals surface area contributed by atoms with Crippen molar-refractivity contribution in [3.8, 4) is 0 Å². The third-order valence-electron chi connectivity index (χ3n) is 3.16. The number of hydrogen-bond acceptors (Lipinski definition) is 1. The van der Waals surface area contributed by atoms with Gasteiger partial charge in [-0.3, -0.25) is 4.98 Å². The van der Waals surface area contributed by atoms with Crippen molar-refractivity contribution in [1.29, 1.82) is 0 Å². The molecular formula is C19H25N. The lowest BCUT2D eigenvalue weighted by Crippen LogP contribution is -1.96. The van der Waals surface area contributed by atoms with Crippen LogP contribution in [-0.2, 0) is 6.42 Å². The van der Waals surface area contributed by atoms with E-state index in [-0.39, 0.29) is 0 Å². The summed E-state index contributed by atoms with van der Waals surface area (Å²) in [5.74, 6) is 0. The fraction of sp³-hybridized carbons (Fsp3) is 0.316. The predicted octanol–water partition coefficient (Wildman–Crippen LogP) is 5.43. The van der Waals surface area contributed by atoms with Crippen LogP contribution in [0.3, 0.4) is 0 Å². The SMILES string of the molecule is C=C(C/C(=C\CC)Cc1ccccn1)/C(C)=C\C=C/C. The maximum Gasteiger partial charge on any atom is 0.0444 e. The summed E-state index contributed by atoms with van der Waals surface area (Å²) in [5, 5.41) is 0. The van der Waals surface area contributed by atoms with Crippen molar-refractivity contribution in [2.45, 2.75) is 40.0 Å². The predicted molar refractivity (Wildman–Crippen MR) is 88.6 cm³/mol. The van der Waals surface area contributed by atoms with Crippen LogP contribution in [0.4, 0.5) is 0 Å². The fourth-order valence-corrected chi connectivity index (χ4v) is 2.00. The zero-order valence-electron chi connectivity index (χ0n) is 12.9. The number of aromatic nitrogens is 1. The zero-order valence-corrected chi connectivity index (χ0v) is 12.9. The van der Waals surface area contributed by atoms with E-state index in [4.69, 9.17) is 0 Å². The molecular weight excluding hydrogens is 242 g/mol.